The summed E-state index contributed by atoms with van der Waals surface area (Å²) in [7, 11) is 0. The lowest BCUT2D eigenvalue weighted by Crippen LogP contribution is -2.62. The number of carboxylic acids is 1. The number of piperidine rings is 1. The first-order valence-electron chi connectivity index (χ1n) is 8.99. The fourth-order valence-corrected chi connectivity index (χ4v) is 4.10. The SMILES string of the molecule is CCO[C@H]1C[C@@H](O)C12CCN(Cc1ccccc1OCC(=O)O)CC2. The van der Waals surface area contributed by atoms with Gasteiger partial charge in [0.05, 0.1) is 12.2 Å². The van der Waals surface area contributed by atoms with E-state index in [4.69, 9.17) is 14.6 Å². The summed E-state index contributed by atoms with van der Waals surface area (Å²) in [4.78, 5) is 13.1. The maximum absolute atomic E-state index is 10.7. The summed E-state index contributed by atoms with van der Waals surface area (Å²) in [5.41, 5.74) is 0.918. The molecule has 1 heterocycles. The fraction of sp³-hybridized carbons (Fsp3) is 0.632. The van der Waals surface area contributed by atoms with Gasteiger partial charge in [-0.1, -0.05) is 18.2 Å². The fourth-order valence-electron chi connectivity index (χ4n) is 4.10. The zero-order chi connectivity index (χ0) is 17.9. The van der Waals surface area contributed by atoms with Crippen LogP contribution in [-0.4, -0.2) is 59.6 Å². The van der Waals surface area contributed by atoms with Crippen LogP contribution in [0, 0.1) is 5.41 Å². The molecule has 2 atom stereocenters. The van der Waals surface area contributed by atoms with Crippen LogP contribution in [0.3, 0.4) is 0 Å². The van der Waals surface area contributed by atoms with Crippen LogP contribution < -0.4 is 4.74 Å². The number of likely N-dealkylation sites (tertiary alicyclic amines) is 1. The van der Waals surface area contributed by atoms with Crippen LogP contribution in [0.5, 0.6) is 5.75 Å². The van der Waals surface area contributed by atoms with E-state index in [1.165, 1.54) is 0 Å². The molecule has 6 heteroatoms. The molecule has 1 spiro atoms. The van der Waals surface area contributed by atoms with Crippen molar-refractivity contribution in [3.8, 4) is 5.75 Å². The summed E-state index contributed by atoms with van der Waals surface area (Å²) >= 11 is 0. The first-order chi connectivity index (χ1) is 12.0. The number of ether oxygens (including phenoxy) is 2. The number of hydrogen-bond acceptors (Lipinski definition) is 5. The predicted molar refractivity (Wildman–Crippen MR) is 92.6 cm³/mol. The third-order valence-electron chi connectivity index (χ3n) is 5.61. The van der Waals surface area contributed by atoms with Gasteiger partial charge >= 0.3 is 5.97 Å². The van der Waals surface area contributed by atoms with E-state index in [2.05, 4.69) is 4.90 Å². The van der Waals surface area contributed by atoms with Gasteiger partial charge < -0.3 is 19.7 Å². The molecule has 2 fully saturated rings. The molecule has 1 aromatic carbocycles. The van der Waals surface area contributed by atoms with Crippen LogP contribution in [0.25, 0.3) is 0 Å². The maximum Gasteiger partial charge on any atom is 0.341 e. The van der Waals surface area contributed by atoms with Crippen molar-refractivity contribution >= 4 is 5.97 Å². The number of aliphatic hydroxyl groups is 1. The minimum absolute atomic E-state index is 0.0775. The molecule has 138 valence electrons. The van der Waals surface area contributed by atoms with Gasteiger partial charge in [-0.15, -0.1) is 0 Å². The standard InChI is InChI=1S/C19H27NO5/c1-2-24-17-11-16(21)19(17)7-9-20(10-8-19)12-14-5-3-4-6-15(14)25-13-18(22)23/h3-6,16-17,21H,2,7-13H2,1H3,(H,22,23)/t16-,17+/m1/s1. The molecule has 2 aliphatic rings. The molecular weight excluding hydrogens is 322 g/mol. The number of carbonyl (C=O) groups is 1. The summed E-state index contributed by atoms with van der Waals surface area (Å²) in [6.07, 6.45) is 2.53. The Morgan fingerprint density at radius 1 is 1.32 bits per heavy atom. The van der Waals surface area contributed by atoms with Gasteiger partial charge in [0, 0.05) is 30.6 Å². The van der Waals surface area contributed by atoms with E-state index >= 15 is 0 Å². The highest BCUT2D eigenvalue weighted by atomic mass is 16.5. The van der Waals surface area contributed by atoms with Crippen LogP contribution in [0.15, 0.2) is 24.3 Å². The van der Waals surface area contributed by atoms with Gasteiger partial charge in [0.2, 0.25) is 0 Å². The zero-order valence-electron chi connectivity index (χ0n) is 14.7. The molecule has 0 unspecified atom stereocenters. The minimum Gasteiger partial charge on any atom is -0.482 e. The number of nitrogens with zero attached hydrogens (tertiary/aromatic N) is 1. The Balaban J connectivity index is 1.58. The molecule has 0 amide bonds. The Kier molecular flexibility index (Phi) is 5.61. The van der Waals surface area contributed by atoms with Crippen LogP contribution in [0.1, 0.15) is 31.7 Å². The second-order valence-electron chi connectivity index (χ2n) is 6.99. The molecule has 0 aromatic heterocycles. The second-order valence-corrected chi connectivity index (χ2v) is 6.99. The van der Waals surface area contributed by atoms with Crippen molar-refractivity contribution in [3.05, 3.63) is 29.8 Å². The second kappa shape index (κ2) is 7.72. The number of para-hydroxylation sites is 1. The molecule has 1 aliphatic carbocycles. The van der Waals surface area contributed by atoms with Crippen molar-refractivity contribution in [2.75, 3.05) is 26.3 Å². The lowest BCUT2D eigenvalue weighted by atomic mass is 9.58. The summed E-state index contributed by atoms with van der Waals surface area (Å²) in [6.45, 7) is 4.88. The zero-order valence-corrected chi connectivity index (χ0v) is 14.7. The number of benzene rings is 1. The quantitative estimate of drug-likeness (QED) is 0.783. The lowest BCUT2D eigenvalue weighted by molar-refractivity contribution is -0.209. The van der Waals surface area contributed by atoms with Crippen molar-refractivity contribution < 1.29 is 24.5 Å². The molecule has 1 saturated carbocycles. The molecule has 6 nitrogen and oxygen atoms in total. The van der Waals surface area contributed by atoms with E-state index in [0.717, 1.165) is 44.5 Å². The Morgan fingerprint density at radius 2 is 2.04 bits per heavy atom. The molecule has 3 rings (SSSR count). The van der Waals surface area contributed by atoms with Crippen LogP contribution >= 0.6 is 0 Å². The third-order valence-corrected chi connectivity index (χ3v) is 5.61. The van der Waals surface area contributed by atoms with E-state index in [1.807, 2.05) is 31.2 Å². The van der Waals surface area contributed by atoms with E-state index in [1.54, 1.807) is 0 Å². The van der Waals surface area contributed by atoms with Gasteiger partial charge in [0.15, 0.2) is 6.61 Å². The van der Waals surface area contributed by atoms with Crippen molar-refractivity contribution in [2.45, 2.75) is 44.9 Å². The summed E-state index contributed by atoms with van der Waals surface area (Å²) in [5, 5.41) is 19.1. The smallest absolute Gasteiger partial charge is 0.341 e. The summed E-state index contributed by atoms with van der Waals surface area (Å²) < 4.78 is 11.2. The topological polar surface area (TPSA) is 79.2 Å². The van der Waals surface area contributed by atoms with E-state index < -0.39 is 5.97 Å². The Labute approximate surface area is 148 Å². The third kappa shape index (κ3) is 3.81. The number of aliphatic hydroxyl groups excluding tert-OH is 1. The maximum atomic E-state index is 10.7. The first kappa shape index (κ1) is 18.2. The normalized spacial score (nSPS) is 25.5. The molecule has 1 aliphatic heterocycles. The number of hydrogen-bond donors (Lipinski definition) is 2. The lowest BCUT2D eigenvalue weighted by Gasteiger charge is -2.56. The predicted octanol–water partition coefficient (Wildman–Crippen LogP) is 1.90. The molecule has 0 bridgehead atoms. The van der Waals surface area contributed by atoms with Crippen molar-refractivity contribution in [3.63, 3.8) is 0 Å². The average molecular weight is 349 g/mol. The van der Waals surface area contributed by atoms with Gasteiger partial charge in [0.1, 0.15) is 5.75 Å². The Bertz CT molecular complexity index is 595. The number of aliphatic carboxylic acids is 1. The van der Waals surface area contributed by atoms with Gasteiger partial charge in [-0.2, -0.15) is 0 Å². The molecule has 25 heavy (non-hydrogen) atoms. The Hall–Kier alpha value is -1.63. The largest absolute Gasteiger partial charge is 0.482 e. The first-order valence-corrected chi connectivity index (χ1v) is 8.99. The Morgan fingerprint density at radius 3 is 2.68 bits per heavy atom. The van der Waals surface area contributed by atoms with Crippen LogP contribution in [0.4, 0.5) is 0 Å². The average Bonchev–Trinajstić information content (AvgIpc) is 2.61. The highest BCUT2D eigenvalue weighted by molar-refractivity contribution is 5.68. The van der Waals surface area contributed by atoms with E-state index in [-0.39, 0.29) is 24.2 Å². The van der Waals surface area contributed by atoms with Crippen LogP contribution in [0.2, 0.25) is 0 Å². The highest BCUT2D eigenvalue weighted by Gasteiger charge is 2.55. The number of carboxylic acid groups (broad SMARTS) is 1. The van der Waals surface area contributed by atoms with E-state index in [9.17, 15) is 9.90 Å². The van der Waals surface area contributed by atoms with Crippen molar-refractivity contribution in [1.29, 1.82) is 0 Å². The molecule has 0 radical (unpaired) electrons. The monoisotopic (exact) mass is 349 g/mol. The molecular formula is C19H27NO5. The van der Waals surface area contributed by atoms with Crippen molar-refractivity contribution in [1.82, 2.24) is 4.90 Å². The van der Waals surface area contributed by atoms with Crippen molar-refractivity contribution in [2.24, 2.45) is 5.41 Å². The van der Waals surface area contributed by atoms with Gasteiger partial charge in [-0.3, -0.25) is 4.90 Å². The van der Waals surface area contributed by atoms with Crippen LogP contribution in [-0.2, 0) is 16.1 Å². The van der Waals surface area contributed by atoms with Gasteiger partial charge in [0.25, 0.3) is 0 Å². The van der Waals surface area contributed by atoms with Gasteiger partial charge in [-0.05, 0) is 38.9 Å². The summed E-state index contributed by atoms with van der Waals surface area (Å²) in [5.74, 6) is -0.350. The minimum atomic E-state index is -0.976. The van der Waals surface area contributed by atoms with Gasteiger partial charge in [-0.25, -0.2) is 4.79 Å². The molecule has 1 saturated heterocycles. The van der Waals surface area contributed by atoms with E-state index in [0.29, 0.717) is 12.4 Å². The summed E-state index contributed by atoms with van der Waals surface area (Å²) in [6, 6.07) is 7.58. The molecule has 1 aromatic rings. The molecule has 2 N–H and O–H groups in total. The number of rotatable bonds is 7. The highest BCUT2D eigenvalue weighted by Crippen LogP contribution is 2.51.